The van der Waals surface area contributed by atoms with Crippen molar-refractivity contribution in [2.75, 3.05) is 6.26 Å². The second-order valence-electron chi connectivity index (χ2n) is 4.70. The smallest absolute Gasteiger partial charge is 0.258 e. The van der Waals surface area contributed by atoms with E-state index >= 15 is 0 Å². The number of aromatic nitrogens is 2. The largest absolute Gasteiger partial charge is 0.307 e. The number of benzene rings is 1. The van der Waals surface area contributed by atoms with Crippen LogP contribution in [0.3, 0.4) is 0 Å². The quantitative estimate of drug-likeness (QED) is 0.623. The molecule has 0 radical (unpaired) electrons. The number of nitrogens with zero attached hydrogens (tertiary/aromatic N) is 3. The minimum Gasteiger partial charge on any atom is -0.258 e. The van der Waals surface area contributed by atoms with Crippen molar-refractivity contribution in [2.24, 2.45) is 0 Å². The Bertz CT molecular complexity index is 767. The van der Waals surface area contributed by atoms with Crippen molar-refractivity contribution in [1.29, 1.82) is 0 Å². The fraction of sp³-hybridized carbons (Fsp3) is 0.308. The van der Waals surface area contributed by atoms with Crippen LogP contribution in [0.2, 0.25) is 0 Å². The van der Waals surface area contributed by atoms with Gasteiger partial charge in [-0.25, -0.2) is 8.42 Å². The maximum absolute atomic E-state index is 11.6. The molecule has 21 heavy (non-hydrogen) atoms. The summed E-state index contributed by atoms with van der Waals surface area (Å²) in [5, 5.41) is 14.7. The summed E-state index contributed by atoms with van der Waals surface area (Å²) in [5.74, 6) is 0. The van der Waals surface area contributed by atoms with Crippen LogP contribution in [0.4, 0.5) is 5.69 Å². The highest BCUT2D eigenvalue weighted by molar-refractivity contribution is 7.90. The maximum atomic E-state index is 11.6. The van der Waals surface area contributed by atoms with E-state index in [4.69, 9.17) is 0 Å². The second-order valence-corrected chi connectivity index (χ2v) is 6.72. The lowest BCUT2D eigenvalue weighted by molar-refractivity contribution is -0.385. The molecule has 1 aromatic heterocycles. The van der Waals surface area contributed by atoms with E-state index in [0.29, 0.717) is 6.42 Å². The highest BCUT2D eigenvalue weighted by atomic mass is 32.2. The Balaban J connectivity index is 2.43. The minimum atomic E-state index is -3.30. The molecule has 0 aliphatic heterocycles. The number of hydrogen-bond donors (Lipinski definition) is 0. The van der Waals surface area contributed by atoms with Crippen molar-refractivity contribution in [3.8, 4) is 0 Å². The zero-order valence-electron chi connectivity index (χ0n) is 11.6. The molecule has 7 nitrogen and oxygen atoms in total. The van der Waals surface area contributed by atoms with Crippen molar-refractivity contribution in [3.05, 3.63) is 52.3 Å². The summed E-state index contributed by atoms with van der Waals surface area (Å²) in [6.07, 6.45) is 4.31. The SMILES string of the molecule is CCC(c1cccc(S(C)(=O)=O)c1)n1cc([N+](=O)[O-])cn1. The van der Waals surface area contributed by atoms with Gasteiger partial charge in [-0.2, -0.15) is 5.10 Å². The molecule has 0 saturated carbocycles. The third-order valence-electron chi connectivity index (χ3n) is 3.18. The van der Waals surface area contributed by atoms with Crippen LogP contribution < -0.4 is 0 Å². The molecule has 112 valence electrons. The zero-order valence-corrected chi connectivity index (χ0v) is 12.4. The molecule has 1 unspecified atom stereocenters. The van der Waals surface area contributed by atoms with Crippen molar-refractivity contribution in [3.63, 3.8) is 0 Å². The van der Waals surface area contributed by atoms with Crippen molar-refractivity contribution in [2.45, 2.75) is 24.3 Å². The molecule has 0 N–H and O–H groups in total. The van der Waals surface area contributed by atoms with Crippen LogP contribution in [-0.2, 0) is 9.84 Å². The lowest BCUT2D eigenvalue weighted by Crippen LogP contribution is -2.11. The third kappa shape index (κ3) is 3.27. The van der Waals surface area contributed by atoms with E-state index in [9.17, 15) is 18.5 Å². The van der Waals surface area contributed by atoms with E-state index < -0.39 is 14.8 Å². The van der Waals surface area contributed by atoms with Crippen LogP contribution in [0, 0.1) is 10.1 Å². The minimum absolute atomic E-state index is 0.0901. The number of sulfone groups is 1. The monoisotopic (exact) mass is 309 g/mol. The summed E-state index contributed by atoms with van der Waals surface area (Å²) < 4.78 is 24.7. The van der Waals surface area contributed by atoms with Gasteiger partial charge in [0.15, 0.2) is 9.84 Å². The average molecular weight is 309 g/mol. The first-order chi connectivity index (χ1) is 9.82. The van der Waals surface area contributed by atoms with Gasteiger partial charge in [0.1, 0.15) is 12.4 Å². The molecule has 0 spiro atoms. The van der Waals surface area contributed by atoms with Gasteiger partial charge in [-0.05, 0) is 24.1 Å². The Morgan fingerprint density at radius 3 is 2.67 bits per heavy atom. The summed E-state index contributed by atoms with van der Waals surface area (Å²) in [6.45, 7) is 1.91. The number of nitro groups is 1. The molecule has 0 aliphatic rings. The van der Waals surface area contributed by atoms with Crippen LogP contribution in [0.1, 0.15) is 24.9 Å². The molecule has 0 amide bonds. The molecule has 2 aromatic rings. The first kappa shape index (κ1) is 15.2. The molecular weight excluding hydrogens is 294 g/mol. The van der Waals surface area contributed by atoms with Crippen LogP contribution in [0.5, 0.6) is 0 Å². The van der Waals surface area contributed by atoms with Crippen molar-refractivity contribution >= 4 is 15.5 Å². The van der Waals surface area contributed by atoms with E-state index in [1.807, 2.05) is 6.92 Å². The normalized spacial score (nSPS) is 13.0. The highest BCUT2D eigenvalue weighted by Gasteiger charge is 2.18. The Labute approximate surface area is 122 Å². The Hall–Kier alpha value is -2.22. The fourth-order valence-electron chi connectivity index (χ4n) is 2.12. The standard InChI is InChI=1S/C13H15N3O4S/c1-3-13(15-9-11(8-14-15)16(17)18)10-5-4-6-12(7-10)21(2,19)20/h4-9,13H,3H2,1-2H3. The van der Waals surface area contributed by atoms with Gasteiger partial charge < -0.3 is 0 Å². The summed E-state index contributed by atoms with van der Waals surface area (Å²) in [4.78, 5) is 10.4. The third-order valence-corrected chi connectivity index (χ3v) is 4.29. The van der Waals surface area contributed by atoms with E-state index in [2.05, 4.69) is 5.10 Å². The molecule has 8 heteroatoms. The van der Waals surface area contributed by atoms with Gasteiger partial charge in [-0.15, -0.1) is 0 Å². The van der Waals surface area contributed by atoms with E-state index in [-0.39, 0.29) is 16.6 Å². The lowest BCUT2D eigenvalue weighted by atomic mass is 10.1. The fourth-order valence-corrected chi connectivity index (χ4v) is 2.80. The molecule has 0 fully saturated rings. The van der Waals surface area contributed by atoms with Crippen molar-refractivity contribution < 1.29 is 13.3 Å². The lowest BCUT2D eigenvalue weighted by Gasteiger charge is -2.16. The van der Waals surface area contributed by atoms with E-state index in [0.717, 1.165) is 11.8 Å². The molecule has 1 aromatic carbocycles. The molecule has 0 aliphatic carbocycles. The molecule has 0 saturated heterocycles. The van der Waals surface area contributed by atoms with Gasteiger partial charge in [0.25, 0.3) is 0 Å². The van der Waals surface area contributed by atoms with E-state index in [1.165, 1.54) is 23.1 Å². The van der Waals surface area contributed by atoms with E-state index in [1.54, 1.807) is 18.2 Å². The molecular formula is C13H15N3O4S. The van der Waals surface area contributed by atoms with Crippen LogP contribution in [0.15, 0.2) is 41.6 Å². The molecule has 1 heterocycles. The first-order valence-corrected chi connectivity index (χ1v) is 8.20. The van der Waals surface area contributed by atoms with Gasteiger partial charge in [0.05, 0.1) is 15.9 Å². The predicted octanol–water partition coefficient (Wildman–Crippen LogP) is 2.19. The Morgan fingerprint density at radius 1 is 1.43 bits per heavy atom. The van der Waals surface area contributed by atoms with Crippen LogP contribution in [-0.4, -0.2) is 29.4 Å². The first-order valence-electron chi connectivity index (χ1n) is 6.31. The molecule has 2 rings (SSSR count). The maximum Gasteiger partial charge on any atom is 0.307 e. The Morgan fingerprint density at radius 2 is 2.14 bits per heavy atom. The number of hydrogen-bond acceptors (Lipinski definition) is 5. The van der Waals surface area contributed by atoms with Gasteiger partial charge in [0.2, 0.25) is 0 Å². The topological polar surface area (TPSA) is 95.1 Å². The zero-order chi connectivity index (χ0) is 15.6. The van der Waals surface area contributed by atoms with Crippen LogP contribution >= 0.6 is 0 Å². The summed E-state index contributed by atoms with van der Waals surface area (Å²) in [7, 11) is -3.30. The second kappa shape index (κ2) is 5.65. The van der Waals surface area contributed by atoms with Gasteiger partial charge in [0, 0.05) is 6.26 Å². The predicted molar refractivity (Wildman–Crippen MR) is 76.9 cm³/mol. The number of rotatable bonds is 5. The Kier molecular flexibility index (Phi) is 4.08. The highest BCUT2D eigenvalue weighted by Crippen LogP contribution is 2.25. The molecule has 1 atom stereocenters. The van der Waals surface area contributed by atoms with Gasteiger partial charge in [-0.3, -0.25) is 14.8 Å². The average Bonchev–Trinajstić information content (AvgIpc) is 2.89. The summed E-state index contributed by atoms with van der Waals surface area (Å²) in [5.41, 5.74) is 0.658. The molecule has 0 bridgehead atoms. The van der Waals surface area contributed by atoms with Gasteiger partial charge >= 0.3 is 5.69 Å². The van der Waals surface area contributed by atoms with Crippen LogP contribution in [0.25, 0.3) is 0 Å². The summed E-state index contributed by atoms with van der Waals surface area (Å²) in [6, 6.07) is 6.30. The van der Waals surface area contributed by atoms with Crippen molar-refractivity contribution in [1.82, 2.24) is 9.78 Å². The van der Waals surface area contributed by atoms with Gasteiger partial charge in [-0.1, -0.05) is 19.1 Å². The summed E-state index contributed by atoms with van der Waals surface area (Å²) >= 11 is 0.